The predicted octanol–water partition coefficient (Wildman–Crippen LogP) is 4.60. The van der Waals surface area contributed by atoms with Gasteiger partial charge in [0.2, 0.25) is 5.91 Å². The van der Waals surface area contributed by atoms with Crippen molar-refractivity contribution in [2.24, 2.45) is 0 Å². The van der Waals surface area contributed by atoms with E-state index in [-0.39, 0.29) is 36.5 Å². The van der Waals surface area contributed by atoms with Crippen LogP contribution >= 0.6 is 51.5 Å². The van der Waals surface area contributed by atoms with E-state index >= 15 is 0 Å². The number of carbonyl (C=O) groups excluding carboxylic acids is 2. The molecule has 0 bridgehead atoms. The van der Waals surface area contributed by atoms with E-state index in [1.54, 1.807) is 25.2 Å². The monoisotopic (exact) mass is 563 g/mol. The molecule has 0 aliphatic rings. The predicted molar refractivity (Wildman–Crippen MR) is 132 cm³/mol. The molecule has 2 heterocycles. The molecular weight excluding hydrogens is 545 g/mol. The summed E-state index contributed by atoms with van der Waals surface area (Å²) in [4.78, 5) is 29.6. The molecule has 0 spiro atoms. The van der Waals surface area contributed by atoms with Crippen molar-refractivity contribution in [2.45, 2.75) is 13.5 Å². The second-order valence-corrected chi connectivity index (χ2v) is 8.12. The Labute approximate surface area is 209 Å². The molecule has 0 saturated carbocycles. The number of anilines is 1. The number of likely N-dealkylation sites (N-methyl/N-ethyl adjacent to an activating group) is 1. The van der Waals surface area contributed by atoms with E-state index in [4.69, 9.17) is 27.9 Å². The first-order valence-electron chi connectivity index (χ1n) is 9.19. The summed E-state index contributed by atoms with van der Waals surface area (Å²) in [5.41, 5.74) is 2.47. The van der Waals surface area contributed by atoms with Crippen LogP contribution in [-0.4, -0.2) is 42.0 Å². The van der Waals surface area contributed by atoms with Crippen LogP contribution in [0.4, 0.5) is 10.5 Å². The summed E-state index contributed by atoms with van der Waals surface area (Å²) >= 11 is 16.4. The molecule has 32 heavy (non-hydrogen) atoms. The number of aromatic nitrogens is 2. The second-order valence-electron chi connectivity index (χ2n) is 6.59. The molecule has 3 amide bonds. The molecule has 2 aromatic heterocycles. The van der Waals surface area contributed by atoms with Gasteiger partial charge in [0, 0.05) is 30.9 Å². The van der Waals surface area contributed by atoms with E-state index in [2.05, 4.69) is 31.5 Å². The summed E-state index contributed by atoms with van der Waals surface area (Å²) in [5.74, 6) is 0.218. The Morgan fingerprint density at radius 1 is 1.28 bits per heavy atom. The number of halogens is 4. The van der Waals surface area contributed by atoms with Crippen molar-refractivity contribution < 1.29 is 14.3 Å². The van der Waals surface area contributed by atoms with Crippen molar-refractivity contribution in [2.75, 3.05) is 25.5 Å². The quantitative estimate of drug-likeness (QED) is 0.457. The van der Waals surface area contributed by atoms with Crippen molar-refractivity contribution >= 4 is 74.8 Å². The van der Waals surface area contributed by atoms with Crippen molar-refractivity contribution in [1.82, 2.24) is 20.0 Å². The summed E-state index contributed by atoms with van der Waals surface area (Å²) in [6.45, 7) is 1.79. The van der Waals surface area contributed by atoms with Crippen LogP contribution in [0.5, 0.6) is 5.75 Å². The Kier molecular flexibility index (Phi) is 9.03. The lowest BCUT2D eigenvalue weighted by Crippen LogP contribution is -2.41. The van der Waals surface area contributed by atoms with Gasteiger partial charge in [0.15, 0.2) is 11.4 Å². The number of nitrogens with zero attached hydrogens (tertiary/aromatic N) is 3. The molecule has 0 saturated heterocycles. The Hall–Kier alpha value is -2.20. The molecule has 172 valence electrons. The number of amides is 3. The Bertz CT molecular complexity index is 1160. The number of pyridine rings is 1. The van der Waals surface area contributed by atoms with Crippen LogP contribution < -0.4 is 20.3 Å². The SMILES string of the molecule is CNC(=O)NCC(=O)N(C)c1ccc(Cl)c(COc2cccn3c(Br)c(C)nc23)c1Cl.Cl. The van der Waals surface area contributed by atoms with E-state index in [0.29, 0.717) is 27.7 Å². The zero-order chi connectivity index (χ0) is 22.7. The number of aryl methyl sites for hydroxylation is 1. The average Bonchev–Trinajstić information content (AvgIpc) is 3.05. The summed E-state index contributed by atoms with van der Waals surface area (Å²) in [5, 5.41) is 5.53. The molecule has 0 aliphatic heterocycles. The highest BCUT2D eigenvalue weighted by atomic mass is 79.9. The first-order valence-corrected chi connectivity index (χ1v) is 10.7. The van der Waals surface area contributed by atoms with Crippen molar-refractivity contribution in [3.05, 3.63) is 56.4 Å². The number of ether oxygens (including phenoxy) is 1. The van der Waals surface area contributed by atoms with Crippen LogP contribution in [0.1, 0.15) is 11.3 Å². The van der Waals surface area contributed by atoms with Gasteiger partial charge < -0.3 is 20.3 Å². The Balaban J connectivity index is 0.00000363. The van der Waals surface area contributed by atoms with E-state index in [1.807, 2.05) is 23.6 Å². The highest BCUT2D eigenvalue weighted by Crippen LogP contribution is 2.35. The highest BCUT2D eigenvalue weighted by Gasteiger charge is 2.19. The number of benzene rings is 1. The Morgan fingerprint density at radius 2 is 2.00 bits per heavy atom. The van der Waals surface area contributed by atoms with Crippen LogP contribution in [-0.2, 0) is 11.4 Å². The largest absolute Gasteiger partial charge is 0.485 e. The van der Waals surface area contributed by atoms with Crippen LogP contribution in [0, 0.1) is 6.92 Å². The van der Waals surface area contributed by atoms with Gasteiger partial charge in [-0.1, -0.05) is 23.2 Å². The molecule has 2 N–H and O–H groups in total. The van der Waals surface area contributed by atoms with E-state index in [0.717, 1.165) is 10.3 Å². The molecule has 0 radical (unpaired) electrons. The topological polar surface area (TPSA) is 88.0 Å². The van der Waals surface area contributed by atoms with Crippen LogP contribution in [0.3, 0.4) is 0 Å². The number of carbonyl (C=O) groups is 2. The molecule has 0 fully saturated rings. The van der Waals surface area contributed by atoms with E-state index in [1.165, 1.54) is 11.9 Å². The third kappa shape index (κ3) is 5.40. The minimum absolute atomic E-state index is 0. The Morgan fingerprint density at radius 3 is 2.69 bits per heavy atom. The standard InChI is InChI=1S/C20H20BrCl2N5O3.ClH/c1-11-18(21)28-8-4-5-15(19(28)26-11)31-10-12-13(22)6-7-14(17(12)23)27(3)16(29)9-25-20(30)24-2;/h4-8H,9-10H2,1-3H3,(H2,24,25,30);1H. The maximum absolute atomic E-state index is 12.4. The van der Waals surface area contributed by atoms with Gasteiger partial charge in [-0.2, -0.15) is 0 Å². The number of hydrogen-bond donors (Lipinski definition) is 2. The number of hydrogen-bond acceptors (Lipinski definition) is 4. The summed E-state index contributed by atoms with van der Waals surface area (Å²) in [6.07, 6.45) is 1.88. The number of fused-ring (bicyclic) bond motifs is 1. The summed E-state index contributed by atoms with van der Waals surface area (Å²) in [6, 6.07) is 6.49. The third-order valence-electron chi connectivity index (χ3n) is 4.62. The fourth-order valence-electron chi connectivity index (χ4n) is 2.86. The number of urea groups is 1. The smallest absolute Gasteiger partial charge is 0.314 e. The van der Waals surface area contributed by atoms with Gasteiger partial charge in [0.1, 0.15) is 11.2 Å². The molecule has 12 heteroatoms. The van der Waals surface area contributed by atoms with Crippen molar-refractivity contribution in [3.63, 3.8) is 0 Å². The highest BCUT2D eigenvalue weighted by molar-refractivity contribution is 9.10. The lowest BCUT2D eigenvalue weighted by Gasteiger charge is -2.21. The van der Waals surface area contributed by atoms with Gasteiger partial charge >= 0.3 is 6.03 Å². The van der Waals surface area contributed by atoms with Gasteiger partial charge in [-0.25, -0.2) is 9.78 Å². The maximum atomic E-state index is 12.4. The number of imidazole rings is 1. The normalized spacial score (nSPS) is 10.4. The molecular formula is C20H21BrCl3N5O3. The molecule has 3 rings (SSSR count). The van der Waals surface area contributed by atoms with E-state index < -0.39 is 6.03 Å². The summed E-state index contributed by atoms with van der Waals surface area (Å²) in [7, 11) is 3.04. The molecule has 0 atom stereocenters. The van der Waals surface area contributed by atoms with Crippen LogP contribution in [0.15, 0.2) is 35.1 Å². The van der Waals surface area contributed by atoms with Crippen molar-refractivity contribution in [1.29, 1.82) is 0 Å². The zero-order valence-electron chi connectivity index (χ0n) is 17.4. The minimum atomic E-state index is -0.451. The molecule has 3 aromatic rings. The first kappa shape index (κ1) is 26.1. The second kappa shape index (κ2) is 11.1. The average molecular weight is 566 g/mol. The van der Waals surface area contributed by atoms with Gasteiger partial charge in [-0.05, 0) is 47.1 Å². The minimum Gasteiger partial charge on any atom is -0.485 e. The van der Waals surface area contributed by atoms with Crippen LogP contribution in [0.2, 0.25) is 10.0 Å². The molecule has 0 aliphatic carbocycles. The van der Waals surface area contributed by atoms with Crippen LogP contribution in [0.25, 0.3) is 5.65 Å². The van der Waals surface area contributed by atoms with Gasteiger partial charge in [0.05, 0.1) is 22.9 Å². The molecule has 8 nitrogen and oxygen atoms in total. The fourth-order valence-corrected chi connectivity index (χ4v) is 3.84. The van der Waals surface area contributed by atoms with E-state index in [9.17, 15) is 9.59 Å². The lowest BCUT2D eigenvalue weighted by atomic mass is 10.2. The molecule has 1 aromatic carbocycles. The number of rotatable bonds is 6. The maximum Gasteiger partial charge on any atom is 0.314 e. The molecule has 0 unspecified atom stereocenters. The summed E-state index contributed by atoms with van der Waals surface area (Å²) < 4.78 is 8.70. The fraction of sp³-hybridized carbons (Fsp3) is 0.250. The van der Waals surface area contributed by atoms with Gasteiger partial charge in [0.25, 0.3) is 0 Å². The van der Waals surface area contributed by atoms with Gasteiger partial charge in [-0.15, -0.1) is 12.4 Å². The zero-order valence-corrected chi connectivity index (χ0v) is 21.3. The first-order chi connectivity index (χ1) is 14.7. The van der Waals surface area contributed by atoms with Gasteiger partial charge in [-0.3, -0.25) is 9.20 Å². The third-order valence-corrected chi connectivity index (χ3v) is 6.35. The number of nitrogens with one attached hydrogen (secondary N) is 2. The van der Waals surface area contributed by atoms with Crippen molar-refractivity contribution in [3.8, 4) is 5.75 Å². The lowest BCUT2D eigenvalue weighted by molar-refractivity contribution is -0.117.